The highest BCUT2D eigenvalue weighted by Gasteiger charge is 2.21. The number of rotatable bonds is 3. The van der Waals surface area contributed by atoms with Crippen LogP contribution in [-0.2, 0) is 0 Å². The maximum atomic E-state index is 12.5. The van der Waals surface area contributed by atoms with Crippen LogP contribution in [0, 0.1) is 0 Å². The molecule has 3 heterocycles. The molecular formula is C19H25N5O2. The smallest absolute Gasteiger partial charge is 0.293 e. The van der Waals surface area contributed by atoms with E-state index in [1.54, 1.807) is 16.8 Å². The average molecular weight is 355 g/mol. The molecule has 0 saturated carbocycles. The Hall–Kier alpha value is -2.38. The Bertz CT molecular complexity index is 851. The van der Waals surface area contributed by atoms with E-state index in [2.05, 4.69) is 15.6 Å². The van der Waals surface area contributed by atoms with Gasteiger partial charge in [0.05, 0.1) is 5.69 Å². The van der Waals surface area contributed by atoms with E-state index in [-0.39, 0.29) is 23.2 Å². The lowest BCUT2D eigenvalue weighted by Gasteiger charge is -2.25. The van der Waals surface area contributed by atoms with E-state index >= 15 is 0 Å². The normalized spacial score (nSPS) is 23.2. The van der Waals surface area contributed by atoms with Gasteiger partial charge < -0.3 is 26.0 Å². The van der Waals surface area contributed by atoms with Crippen molar-refractivity contribution in [1.29, 1.82) is 0 Å². The van der Waals surface area contributed by atoms with E-state index in [1.165, 1.54) is 0 Å². The monoisotopic (exact) mass is 355 g/mol. The lowest BCUT2D eigenvalue weighted by atomic mass is 10.0. The molecule has 2 unspecified atom stereocenters. The topological polar surface area (TPSA) is 105 Å². The molecule has 1 aromatic heterocycles. The SMILES string of the molecule is Nc1nc(-c2cc(C3CCCN3)ccc2O)cn(C2CCCNC2)c1=O. The zero-order valence-corrected chi connectivity index (χ0v) is 14.7. The molecule has 1 aromatic carbocycles. The van der Waals surface area contributed by atoms with Crippen molar-refractivity contribution in [1.82, 2.24) is 20.2 Å². The molecule has 2 fully saturated rings. The number of benzene rings is 1. The number of anilines is 1. The highest BCUT2D eigenvalue weighted by Crippen LogP contribution is 2.33. The van der Waals surface area contributed by atoms with Crippen LogP contribution in [0.1, 0.15) is 43.3 Å². The van der Waals surface area contributed by atoms with E-state index in [4.69, 9.17) is 5.73 Å². The molecule has 5 N–H and O–H groups in total. The third kappa shape index (κ3) is 3.20. The number of nitrogens with one attached hydrogen (secondary N) is 2. The van der Waals surface area contributed by atoms with Crippen molar-refractivity contribution in [3.8, 4) is 17.0 Å². The molecule has 7 nitrogen and oxygen atoms in total. The van der Waals surface area contributed by atoms with Crippen molar-refractivity contribution < 1.29 is 5.11 Å². The molecule has 2 aromatic rings. The summed E-state index contributed by atoms with van der Waals surface area (Å²) in [4.78, 5) is 16.8. The van der Waals surface area contributed by atoms with Crippen molar-refractivity contribution in [2.45, 2.75) is 37.8 Å². The summed E-state index contributed by atoms with van der Waals surface area (Å²) in [6, 6.07) is 5.93. The number of nitrogens with two attached hydrogens (primary N) is 1. The molecule has 0 spiro atoms. The van der Waals surface area contributed by atoms with Gasteiger partial charge in [0.1, 0.15) is 5.75 Å². The van der Waals surface area contributed by atoms with Crippen LogP contribution in [-0.4, -0.2) is 34.3 Å². The Morgan fingerprint density at radius 1 is 1.23 bits per heavy atom. The van der Waals surface area contributed by atoms with Crippen LogP contribution in [0.2, 0.25) is 0 Å². The molecule has 2 saturated heterocycles. The van der Waals surface area contributed by atoms with Crippen molar-refractivity contribution in [3.63, 3.8) is 0 Å². The number of aromatic hydroxyl groups is 1. The van der Waals surface area contributed by atoms with Crippen molar-refractivity contribution >= 4 is 5.82 Å². The molecule has 0 radical (unpaired) electrons. The largest absolute Gasteiger partial charge is 0.507 e. The predicted molar refractivity (Wildman–Crippen MR) is 101 cm³/mol. The van der Waals surface area contributed by atoms with Crippen LogP contribution in [0.25, 0.3) is 11.3 Å². The van der Waals surface area contributed by atoms with Crippen LogP contribution in [0.4, 0.5) is 5.82 Å². The van der Waals surface area contributed by atoms with Gasteiger partial charge in [0.25, 0.3) is 5.56 Å². The highest BCUT2D eigenvalue weighted by atomic mass is 16.3. The van der Waals surface area contributed by atoms with Gasteiger partial charge in [-0.2, -0.15) is 0 Å². The van der Waals surface area contributed by atoms with E-state index in [0.717, 1.165) is 50.9 Å². The Balaban J connectivity index is 1.76. The van der Waals surface area contributed by atoms with E-state index in [0.29, 0.717) is 17.3 Å². The standard InChI is InChI=1S/C19H25N5O2/c20-18-19(26)24(13-3-1-7-21-10-13)11-16(23-18)14-9-12(5-6-17(14)25)15-4-2-8-22-15/h5-6,9,11,13,15,21-22,25H,1-4,7-8,10H2,(H2,20,23). The fraction of sp³-hybridized carbons (Fsp3) is 0.474. The first kappa shape index (κ1) is 17.1. The first-order valence-electron chi connectivity index (χ1n) is 9.29. The number of aromatic nitrogens is 2. The zero-order chi connectivity index (χ0) is 18.1. The third-order valence-electron chi connectivity index (χ3n) is 5.38. The predicted octanol–water partition coefficient (Wildman–Crippen LogP) is 1.55. The summed E-state index contributed by atoms with van der Waals surface area (Å²) in [6.07, 6.45) is 5.90. The highest BCUT2D eigenvalue weighted by molar-refractivity contribution is 5.68. The summed E-state index contributed by atoms with van der Waals surface area (Å²) in [5.74, 6) is 0.113. The van der Waals surface area contributed by atoms with Gasteiger partial charge in [-0.05, 0) is 56.5 Å². The first-order chi connectivity index (χ1) is 12.6. The number of nitrogen functional groups attached to an aromatic ring is 1. The maximum absolute atomic E-state index is 12.5. The van der Waals surface area contributed by atoms with Crippen LogP contribution >= 0.6 is 0 Å². The van der Waals surface area contributed by atoms with Gasteiger partial charge in [-0.25, -0.2) is 4.98 Å². The summed E-state index contributed by atoms with van der Waals surface area (Å²) in [5, 5.41) is 17.2. The van der Waals surface area contributed by atoms with Gasteiger partial charge in [-0.1, -0.05) is 6.07 Å². The molecule has 0 aliphatic carbocycles. The molecule has 2 atom stereocenters. The van der Waals surface area contributed by atoms with Gasteiger partial charge in [0.2, 0.25) is 0 Å². The second-order valence-corrected chi connectivity index (χ2v) is 7.15. The lowest BCUT2D eigenvalue weighted by molar-refractivity contribution is 0.364. The van der Waals surface area contributed by atoms with Gasteiger partial charge in [-0.15, -0.1) is 0 Å². The Kier molecular flexibility index (Phi) is 4.65. The van der Waals surface area contributed by atoms with E-state index in [9.17, 15) is 9.90 Å². The molecule has 4 rings (SSSR count). The number of hydrogen-bond acceptors (Lipinski definition) is 6. The minimum Gasteiger partial charge on any atom is -0.507 e. The number of phenolic OH excluding ortho intramolecular Hbond substituents is 1. The van der Waals surface area contributed by atoms with E-state index in [1.807, 2.05) is 12.1 Å². The van der Waals surface area contributed by atoms with Gasteiger partial charge in [0, 0.05) is 30.4 Å². The Morgan fingerprint density at radius 2 is 2.08 bits per heavy atom. The quantitative estimate of drug-likeness (QED) is 0.666. The number of phenols is 1. The number of hydrogen-bond donors (Lipinski definition) is 4. The maximum Gasteiger partial charge on any atom is 0.293 e. The van der Waals surface area contributed by atoms with Gasteiger partial charge in [0.15, 0.2) is 5.82 Å². The summed E-state index contributed by atoms with van der Waals surface area (Å²) < 4.78 is 1.67. The van der Waals surface area contributed by atoms with Crippen molar-refractivity contribution in [3.05, 3.63) is 40.3 Å². The fourth-order valence-electron chi connectivity index (χ4n) is 3.95. The number of nitrogens with zero attached hydrogens (tertiary/aromatic N) is 2. The van der Waals surface area contributed by atoms with Crippen LogP contribution in [0.5, 0.6) is 5.75 Å². The van der Waals surface area contributed by atoms with Gasteiger partial charge >= 0.3 is 0 Å². The Labute approximate surface area is 152 Å². The summed E-state index contributed by atoms with van der Waals surface area (Å²) in [5.41, 5.74) is 7.91. The van der Waals surface area contributed by atoms with Crippen LogP contribution < -0.4 is 21.9 Å². The second-order valence-electron chi connectivity index (χ2n) is 7.15. The van der Waals surface area contributed by atoms with Crippen molar-refractivity contribution in [2.75, 3.05) is 25.4 Å². The van der Waals surface area contributed by atoms with Crippen molar-refractivity contribution in [2.24, 2.45) is 0 Å². The summed E-state index contributed by atoms with van der Waals surface area (Å²) in [7, 11) is 0. The minimum atomic E-state index is -0.268. The zero-order valence-electron chi connectivity index (χ0n) is 14.7. The molecule has 26 heavy (non-hydrogen) atoms. The van der Waals surface area contributed by atoms with E-state index < -0.39 is 0 Å². The number of piperidine rings is 1. The van der Waals surface area contributed by atoms with Crippen LogP contribution in [0.15, 0.2) is 29.2 Å². The Morgan fingerprint density at radius 3 is 2.81 bits per heavy atom. The molecule has 138 valence electrons. The molecule has 2 aliphatic heterocycles. The first-order valence-corrected chi connectivity index (χ1v) is 9.29. The molecule has 2 aliphatic rings. The molecule has 0 amide bonds. The molecule has 0 bridgehead atoms. The average Bonchev–Trinajstić information content (AvgIpc) is 3.20. The van der Waals surface area contributed by atoms with Gasteiger partial charge in [-0.3, -0.25) is 4.79 Å². The van der Waals surface area contributed by atoms with Crippen LogP contribution in [0.3, 0.4) is 0 Å². The minimum absolute atomic E-state index is 0.0307. The summed E-state index contributed by atoms with van der Waals surface area (Å²) >= 11 is 0. The second kappa shape index (κ2) is 7.09. The third-order valence-corrected chi connectivity index (χ3v) is 5.38. The summed E-state index contributed by atoms with van der Waals surface area (Å²) in [6.45, 7) is 2.71. The fourth-order valence-corrected chi connectivity index (χ4v) is 3.95. The molecule has 7 heteroatoms. The molecular weight excluding hydrogens is 330 g/mol. The lowest BCUT2D eigenvalue weighted by Crippen LogP contribution is -2.37.